The number of hydrogen-bond donors (Lipinski definition) is 1. The minimum absolute atomic E-state index is 0.455. The predicted octanol–water partition coefficient (Wildman–Crippen LogP) is 3.48. The third-order valence-electron chi connectivity index (χ3n) is 3.71. The van der Waals surface area contributed by atoms with Gasteiger partial charge in [0, 0.05) is 38.4 Å². The van der Waals surface area contributed by atoms with E-state index in [0.29, 0.717) is 6.04 Å². The van der Waals surface area contributed by atoms with E-state index in [9.17, 15) is 0 Å². The third-order valence-corrected chi connectivity index (χ3v) is 3.71. The molecule has 1 unspecified atom stereocenters. The zero-order valence-electron chi connectivity index (χ0n) is 12.5. The van der Waals surface area contributed by atoms with Gasteiger partial charge in [0.2, 0.25) is 0 Å². The molecule has 0 aliphatic carbocycles. The molecular formula is C17H25N3. The van der Waals surface area contributed by atoms with E-state index in [1.165, 1.54) is 24.8 Å². The topological polar surface area (TPSA) is 29.9 Å². The zero-order valence-corrected chi connectivity index (χ0v) is 12.5. The second kappa shape index (κ2) is 7.85. The Morgan fingerprint density at radius 2 is 2.05 bits per heavy atom. The number of imidazole rings is 1. The number of aromatic nitrogens is 2. The van der Waals surface area contributed by atoms with Crippen LogP contribution in [0.25, 0.3) is 0 Å². The number of rotatable bonds is 8. The molecule has 2 rings (SSSR count). The Morgan fingerprint density at radius 3 is 2.70 bits per heavy atom. The van der Waals surface area contributed by atoms with E-state index in [1.807, 2.05) is 19.4 Å². The molecule has 1 aromatic carbocycles. The van der Waals surface area contributed by atoms with Crippen LogP contribution in [0.3, 0.4) is 0 Å². The highest BCUT2D eigenvalue weighted by Crippen LogP contribution is 2.19. The number of nitrogens with zero attached hydrogens (tertiary/aromatic N) is 2. The van der Waals surface area contributed by atoms with Crippen molar-refractivity contribution in [1.82, 2.24) is 14.9 Å². The third kappa shape index (κ3) is 4.20. The number of hydrogen-bond acceptors (Lipinski definition) is 2. The van der Waals surface area contributed by atoms with E-state index < -0.39 is 0 Å². The van der Waals surface area contributed by atoms with Crippen LogP contribution in [-0.4, -0.2) is 16.1 Å². The lowest BCUT2D eigenvalue weighted by molar-refractivity contribution is 0.480. The summed E-state index contributed by atoms with van der Waals surface area (Å²) in [6.45, 7) is 3.21. The summed E-state index contributed by atoms with van der Waals surface area (Å²) in [6, 6.07) is 11.2. The number of unbranched alkanes of at least 4 members (excludes halogenated alkanes) is 1. The van der Waals surface area contributed by atoms with Gasteiger partial charge in [0.1, 0.15) is 5.82 Å². The van der Waals surface area contributed by atoms with Gasteiger partial charge >= 0.3 is 0 Å². The van der Waals surface area contributed by atoms with Crippen molar-refractivity contribution in [2.75, 3.05) is 6.54 Å². The second-order valence-corrected chi connectivity index (χ2v) is 5.26. The molecule has 3 heteroatoms. The van der Waals surface area contributed by atoms with E-state index in [4.69, 9.17) is 0 Å². The summed E-state index contributed by atoms with van der Waals surface area (Å²) in [5, 5.41) is 3.68. The van der Waals surface area contributed by atoms with Gasteiger partial charge in [-0.25, -0.2) is 4.98 Å². The van der Waals surface area contributed by atoms with Crippen molar-refractivity contribution >= 4 is 0 Å². The highest BCUT2D eigenvalue weighted by Gasteiger charge is 2.10. The van der Waals surface area contributed by atoms with Crippen molar-refractivity contribution in [2.45, 2.75) is 38.6 Å². The van der Waals surface area contributed by atoms with Gasteiger partial charge < -0.3 is 9.88 Å². The molecule has 1 aromatic heterocycles. The smallest absolute Gasteiger partial charge is 0.109 e. The molecule has 2 aromatic rings. The van der Waals surface area contributed by atoms with Gasteiger partial charge in [-0.05, 0) is 12.0 Å². The molecule has 1 heterocycles. The minimum atomic E-state index is 0.455. The largest absolute Gasteiger partial charge is 0.338 e. The summed E-state index contributed by atoms with van der Waals surface area (Å²) in [7, 11) is 2.05. The molecule has 20 heavy (non-hydrogen) atoms. The molecule has 0 aliphatic heterocycles. The monoisotopic (exact) mass is 271 g/mol. The summed E-state index contributed by atoms with van der Waals surface area (Å²) in [5.41, 5.74) is 1.39. The average Bonchev–Trinajstić information content (AvgIpc) is 2.89. The molecule has 108 valence electrons. The Hall–Kier alpha value is -1.61. The Kier molecular flexibility index (Phi) is 5.81. The molecule has 0 radical (unpaired) electrons. The highest BCUT2D eigenvalue weighted by molar-refractivity contribution is 5.18. The first kappa shape index (κ1) is 14.8. The Labute approximate surface area is 122 Å². The van der Waals surface area contributed by atoms with E-state index in [0.717, 1.165) is 18.8 Å². The first-order valence-electron chi connectivity index (χ1n) is 7.55. The van der Waals surface area contributed by atoms with E-state index in [1.54, 1.807) is 0 Å². The number of nitrogens with one attached hydrogen (secondary N) is 1. The SMILES string of the molecule is CCCCC(NCCc1nccn1C)c1ccccc1. The lowest BCUT2D eigenvalue weighted by Gasteiger charge is -2.19. The van der Waals surface area contributed by atoms with Crippen LogP contribution in [-0.2, 0) is 13.5 Å². The highest BCUT2D eigenvalue weighted by atomic mass is 15.0. The summed E-state index contributed by atoms with van der Waals surface area (Å²) in [6.07, 6.45) is 8.53. The summed E-state index contributed by atoms with van der Waals surface area (Å²) < 4.78 is 2.09. The average molecular weight is 271 g/mol. The quantitative estimate of drug-likeness (QED) is 0.796. The molecule has 0 saturated carbocycles. The second-order valence-electron chi connectivity index (χ2n) is 5.26. The summed E-state index contributed by atoms with van der Waals surface area (Å²) in [4.78, 5) is 4.37. The Balaban J connectivity index is 1.89. The fourth-order valence-electron chi connectivity index (χ4n) is 2.48. The molecular weight excluding hydrogens is 246 g/mol. The van der Waals surface area contributed by atoms with Crippen molar-refractivity contribution < 1.29 is 0 Å². The van der Waals surface area contributed by atoms with E-state index >= 15 is 0 Å². The minimum Gasteiger partial charge on any atom is -0.338 e. The molecule has 0 spiro atoms. The van der Waals surface area contributed by atoms with E-state index in [-0.39, 0.29) is 0 Å². The fraction of sp³-hybridized carbons (Fsp3) is 0.471. The van der Waals surface area contributed by atoms with Gasteiger partial charge in [-0.3, -0.25) is 0 Å². The van der Waals surface area contributed by atoms with Crippen LogP contribution in [0.2, 0.25) is 0 Å². The van der Waals surface area contributed by atoms with Crippen LogP contribution in [0.15, 0.2) is 42.7 Å². The van der Waals surface area contributed by atoms with Crippen molar-refractivity contribution in [1.29, 1.82) is 0 Å². The first-order valence-corrected chi connectivity index (χ1v) is 7.55. The van der Waals surface area contributed by atoms with Crippen molar-refractivity contribution in [2.24, 2.45) is 7.05 Å². The van der Waals surface area contributed by atoms with Gasteiger partial charge in [-0.2, -0.15) is 0 Å². The van der Waals surface area contributed by atoms with Crippen molar-refractivity contribution in [3.05, 3.63) is 54.1 Å². The van der Waals surface area contributed by atoms with Crippen molar-refractivity contribution in [3.8, 4) is 0 Å². The van der Waals surface area contributed by atoms with Crippen LogP contribution in [0.1, 0.15) is 43.6 Å². The van der Waals surface area contributed by atoms with Gasteiger partial charge in [-0.15, -0.1) is 0 Å². The predicted molar refractivity (Wildman–Crippen MR) is 83.6 cm³/mol. The molecule has 1 N–H and O–H groups in total. The molecule has 0 amide bonds. The van der Waals surface area contributed by atoms with Crippen LogP contribution in [0, 0.1) is 0 Å². The lowest BCUT2D eigenvalue weighted by Crippen LogP contribution is -2.24. The van der Waals surface area contributed by atoms with Crippen LogP contribution in [0.4, 0.5) is 0 Å². The normalized spacial score (nSPS) is 12.5. The fourth-order valence-corrected chi connectivity index (χ4v) is 2.48. The Bertz CT molecular complexity index is 490. The van der Waals surface area contributed by atoms with E-state index in [2.05, 4.69) is 52.1 Å². The molecule has 1 atom stereocenters. The van der Waals surface area contributed by atoms with Crippen molar-refractivity contribution in [3.63, 3.8) is 0 Å². The number of benzene rings is 1. The molecule has 0 saturated heterocycles. The van der Waals surface area contributed by atoms with Crippen LogP contribution >= 0.6 is 0 Å². The summed E-state index contributed by atoms with van der Waals surface area (Å²) in [5.74, 6) is 1.14. The number of aryl methyl sites for hydroxylation is 1. The zero-order chi connectivity index (χ0) is 14.2. The summed E-state index contributed by atoms with van der Waals surface area (Å²) >= 11 is 0. The maximum atomic E-state index is 4.37. The molecule has 3 nitrogen and oxygen atoms in total. The molecule has 0 fully saturated rings. The Morgan fingerprint density at radius 1 is 1.25 bits per heavy atom. The maximum absolute atomic E-state index is 4.37. The lowest BCUT2D eigenvalue weighted by atomic mass is 10.0. The van der Waals surface area contributed by atoms with Crippen LogP contribution in [0.5, 0.6) is 0 Å². The van der Waals surface area contributed by atoms with Gasteiger partial charge in [0.05, 0.1) is 0 Å². The van der Waals surface area contributed by atoms with Gasteiger partial charge in [0.25, 0.3) is 0 Å². The maximum Gasteiger partial charge on any atom is 0.109 e. The molecule has 0 aliphatic rings. The van der Waals surface area contributed by atoms with Crippen LogP contribution < -0.4 is 5.32 Å². The standard InChI is InChI=1S/C17H25N3/c1-3-4-10-16(15-8-6-5-7-9-15)18-12-11-17-19-13-14-20(17)2/h5-9,13-14,16,18H,3-4,10-12H2,1-2H3. The molecule has 0 bridgehead atoms. The van der Waals surface area contributed by atoms with Gasteiger partial charge in [0.15, 0.2) is 0 Å². The first-order chi connectivity index (χ1) is 9.81. The van der Waals surface area contributed by atoms with Gasteiger partial charge in [-0.1, -0.05) is 50.1 Å².